The molecule has 0 radical (unpaired) electrons. The van der Waals surface area contributed by atoms with E-state index in [0.717, 1.165) is 30.8 Å². The number of hydrogen-bond donors (Lipinski definition) is 1. The predicted molar refractivity (Wildman–Crippen MR) is 155 cm³/mol. The number of methoxy groups -OCH3 is 1. The topological polar surface area (TPSA) is 93.2 Å². The summed E-state index contributed by atoms with van der Waals surface area (Å²) < 4.78 is 17.0. The molecule has 1 aliphatic rings. The third-order valence-corrected chi connectivity index (χ3v) is 6.71. The summed E-state index contributed by atoms with van der Waals surface area (Å²) in [4.78, 5) is 33.9. The minimum Gasteiger partial charge on any atom is -0.491 e. The fourth-order valence-electron chi connectivity index (χ4n) is 4.59. The van der Waals surface area contributed by atoms with Crippen molar-refractivity contribution in [2.24, 2.45) is 0 Å². The van der Waals surface area contributed by atoms with Gasteiger partial charge in [-0.15, -0.1) is 0 Å². The Balaban J connectivity index is 1.50. The van der Waals surface area contributed by atoms with E-state index < -0.39 is 6.09 Å². The first-order valence-electron chi connectivity index (χ1n) is 13.6. The number of amides is 2. The number of likely N-dealkylation sites (N-methyl/N-ethyl adjacent to an activating group) is 1. The van der Waals surface area contributed by atoms with Gasteiger partial charge in [0.25, 0.3) is 5.91 Å². The van der Waals surface area contributed by atoms with Gasteiger partial charge in [-0.25, -0.2) is 4.79 Å². The van der Waals surface area contributed by atoms with Crippen LogP contribution in [0.15, 0.2) is 66.9 Å². The number of nitrogens with zero attached hydrogens (tertiary/aromatic N) is 3. The van der Waals surface area contributed by atoms with Gasteiger partial charge < -0.3 is 19.1 Å². The van der Waals surface area contributed by atoms with E-state index in [1.807, 2.05) is 18.2 Å². The summed E-state index contributed by atoms with van der Waals surface area (Å²) in [6.07, 6.45) is 1.60. The van der Waals surface area contributed by atoms with Crippen LogP contribution >= 0.6 is 0 Å². The van der Waals surface area contributed by atoms with Crippen LogP contribution in [0.3, 0.4) is 0 Å². The molecule has 0 saturated carbocycles. The van der Waals surface area contributed by atoms with Gasteiger partial charge in [0.05, 0.1) is 23.5 Å². The molecule has 1 unspecified atom stereocenters. The average molecular weight is 547 g/mol. The number of ether oxygens (including phenoxy) is 3. The summed E-state index contributed by atoms with van der Waals surface area (Å²) in [5, 5.41) is 2.69. The Kier molecular flexibility index (Phi) is 10.1. The molecule has 0 spiro atoms. The third kappa shape index (κ3) is 8.03. The molecule has 1 aromatic heterocycles. The van der Waals surface area contributed by atoms with Gasteiger partial charge in [0.2, 0.25) is 0 Å². The normalized spacial score (nSPS) is 16.9. The van der Waals surface area contributed by atoms with E-state index in [-0.39, 0.29) is 18.1 Å². The van der Waals surface area contributed by atoms with Crippen LogP contribution in [0, 0.1) is 0 Å². The number of anilines is 1. The van der Waals surface area contributed by atoms with E-state index in [1.165, 1.54) is 5.56 Å². The van der Waals surface area contributed by atoms with Crippen molar-refractivity contribution < 1.29 is 23.8 Å². The number of carbonyl (C=O) groups excluding carboxylic acids is 2. The minimum absolute atomic E-state index is 0.130. The molecule has 3 aromatic rings. The van der Waals surface area contributed by atoms with Crippen molar-refractivity contribution in [2.75, 3.05) is 45.7 Å². The first-order chi connectivity index (χ1) is 19.3. The Morgan fingerprint density at radius 3 is 2.62 bits per heavy atom. The molecule has 0 saturated heterocycles. The van der Waals surface area contributed by atoms with Gasteiger partial charge in [-0.05, 0) is 56.2 Å². The zero-order chi connectivity index (χ0) is 28.5. The lowest BCUT2D eigenvalue weighted by atomic mass is 10.1. The molecule has 1 atom stereocenters. The summed E-state index contributed by atoms with van der Waals surface area (Å²) in [5.41, 5.74) is 4.05. The smallest absolute Gasteiger partial charge is 0.411 e. The van der Waals surface area contributed by atoms with E-state index in [0.29, 0.717) is 36.7 Å². The summed E-state index contributed by atoms with van der Waals surface area (Å²) in [6.45, 7) is 6.59. The van der Waals surface area contributed by atoms with Crippen LogP contribution in [0.25, 0.3) is 11.3 Å². The summed E-state index contributed by atoms with van der Waals surface area (Å²) in [7, 11) is 3.42. The Morgan fingerprint density at radius 2 is 1.93 bits per heavy atom. The largest absolute Gasteiger partial charge is 0.491 e. The van der Waals surface area contributed by atoms with Crippen molar-refractivity contribution in [1.29, 1.82) is 0 Å². The highest BCUT2D eigenvalue weighted by atomic mass is 16.6. The molecule has 2 heterocycles. The van der Waals surface area contributed by atoms with Gasteiger partial charge >= 0.3 is 6.09 Å². The van der Waals surface area contributed by atoms with Gasteiger partial charge in [0.15, 0.2) is 0 Å². The fourth-order valence-corrected chi connectivity index (χ4v) is 4.59. The van der Waals surface area contributed by atoms with Crippen LogP contribution in [0.2, 0.25) is 0 Å². The molecule has 0 aliphatic carbocycles. The molecule has 0 fully saturated rings. The van der Waals surface area contributed by atoms with Crippen LogP contribution in [0.1, 0.15) is 36.2 Å². The van der Waals surface area contributed by atoms with Crippen molar-refractivity contribution in [2.45, 2.75) is 39.0 Å². The lowest BCUT2D eigenvalue weighted by molar-refractivity contribution is 0.0435. The van der Waals surface area contributed by atoms with E-state index in [4.69, 9.17) is 14.2 Å². The molecule has 2 amide bonds. The third-order valence-electron chi connectivity index (χ3n) is 6.71. The highest BCUT2D eigenvalue weighted by Gasteiger charge is 2.23. The molecule has 1 N–H and O–H groups in total. The lowest BCUT2D eigenvalue weighted by Crippen LogP contribution is -2.39. The number of benzene rings is 2. The number of aromatic nitrogens is 1. The number of nitrogens with one attached hydrogen (secondary N) is 1. The molecule has 9 nitrogen and oxygen atoms in total. The Labute approximate surface area is 236 Å². The van der Waals surface area contributed by atoms with E-state index in [9.17, 15) is 9.59 Å². The summed E-state index contributed by atoms with van der Waals surface area (Å²) >= 11 is 0. The summed E-state index contributed by atoms with van der Waals surface area (Å²) in [6, 6.07) is 19.4. The van der Waals surface area contributed by atoms with Gasteiger partial charge in [-0.1, -0.05) is 30.3 Å². The quantitative estimate of drug-likeness (QED) is 0.461. The lowest BCUT2D eigenvalue weighted by Gasteiger charge is -2.29. The number of fused-ring (bicyclic) bond motifs is 1. The zero-order valence-electron chi connectivity index (χ0n) is 23.6. The van der Waals surface area contributed by atoms with Crippen molar-refractivity contribution in [1.82, 2.24) is 14.8 Å². The Hall–Kier alpha value is -3.95. The van der Waals surface area contributed by atoms with E-state index in [1.54, 1.807) is 57.3 Å². The molecule has 40 heavy (non-hydrogen) atoms. The first-order valence-corrected chi connectivity index (χ1v) is 13.6. The fraction of sp³-hybridized carbons (Fsp3) is 0.387. The molecule has 0 bridgehead atoms. The number of rotatable bonds is 6. The predicted octanol–water partition coefficient (Wildman–Crippen LogP) is 5.08. The second-order valence-corrected chi connectivity index (χ2v) is 10.2. The standard InChI is InChI=1S/C31H38N4O5/c1-22(2)40-31(37)33-25-12-13-29-27(19-25)30(36)34(3)21-26(38-4)14-16-35(17-18-39-29)20-23-8-10-24(11-9-23)28-7-5-6-15-32-28/h5-13,15,19,22,26H,14,16-18,20-21H2,1-4H3,(H,33,37). The molecular weight excluding hydrogens is 508 g/mol. The number of pyridine rings is 1. The van der Waals surface area contributed by atoms with Crippen LogP contribution in [-0.4, -0.2) is 79.4 Å². The van der Waals surface area contributed by atoms with Gasteiger partial charge in [0.1, 0.15) is 12.4 Å². The van der Waals surface area contributed by atoms with Crippen LogP contribution in [0.4, 0.5) is 10.5 Å². The highest BCUT2D eigenvalue weighted by molar-refractivity contribution is 5.98. The van der Waals surface area contributed by atoms with Crippen molar-refractivity contribution in [3.05, 3.63) is 78.0 Å². The van der Waals surface area contributed by atoms with Crippen LogP contribution < -0.4 is 10.1 Å². The molecule has 1 aliphatic heterocycles. The van der Waals surface area contributed by atoms with E-state index in [2.05, 4.69) is 39.5 Å². The zero-order valence-corrected chi connectivity index (χ0v) is 23.6. The van der Waals surface area contributed by atoms with Gasteiger partial charge in [-0.2, -0.15) is 0 Å². The van der Waals surface area contributed by atoms with Gasteiger partial charge in [0, 0.05) is 57.8 Å². The van der Waals surface area contributed by atoms with Gasteiger partial charge in [-0.3, -0.25) is 20.0 Å². The van der Waals surface area contributed by atoms with Crippen molar-refractivity contribution >= 4 is 17.7 Å². The molecule has 212 valence electrons. The molecular formula is C31H38N4O5. The molecule has 4 rings (SSSR count). The van der Waals surface area contributed by atoms with Crippen LogP contribution in [-0.2, 0) is 16.0 Å². The highest BCUT2D eigenvalue weighted by Crippen LogP contribution is 2.26. The minimum atomic E-state index is -0.576. The number of carbonyl (C=O) groups is 2. The second kappa shape index (κ2) is 13.9. The molecule has 2 aromatic carbocycles. The van der Waals surface area contributed by atoms with Crippen molar-refractivity contribution in [3.63, 3.8) is 0 Å². The van der Waals surface area contributed by atoms with Crippen molar-refractivity contribution in [3.8, 4) is 17.0 Å². The molecule has 9 heteroatoms. The SMILES string of the molecule is COC1CCN(Cc2ccc(-c3ccccn3)cc2)CCOc2ccc(NC(=O)OC(C)C)cc2C(=O)N(C)C1. The maximum Gasteiger partial charge on any atom is 0.411 e. The maximum atomic E-state index is 13.4. The van der Waals surface area contributed by atoms with E-state index >= 15 is 0 Å². The van der Waals surface area contributed by atoms with Crippen LogP contribution in [0.5, 0.6) is 5.75 Å². The Morgan fingerprint density at radius 1 is 1.12 bits per heavy atom. The average Bonchev–Trinajstić information content (AvgIpc) is 2.95. The first kappa shape index (κ1) is 29.0. The number of hydrogen-bond acceptors (Lipinski definition) is 7. The Bertz CT molecular complexity index is 1270. The maximum absolute atomic E-state index is 13.4. The monoisotopic (exact) mass is 546 g/mol. The summed E-state index contributed by atoms with van der Waals surface area (Å²) in [5.74, 6) is 0.261. The second-order valence-electron chi connectivity index (χ2n) is 10.2.